The first kappa shape index (κ1) is 11.9. The van der Waals surface area contributed by atoms with Gasteiger partial charge < -0.3 is 9.84 Å². The molecule has 0 amide bonds. The van der Waals surface area contributed by atoms with Gasteiger partial charge in [-0.25, -0.2) is 8.78 Å². The summed E-state index contributed by atoms with van der Waals surface area (Å²) in [6.45, 7) is 3.45. The van der Waals surface area contributed by atoms with Gasteiger partial charge >= 0.3 is 0 Å². The average Bonchev–Trinajstić information content (AvgIpc) is 2.14. The van der Waals surface area contributed by atoms with Crippen molar-refractivity contribution in [1.82, 2.24) is 0 Å². The third-order valence-corrected chi connectivity index (χ3v) is 2.12. The molecule has 2 nitrogen and oxygen atoms in total. The number of ether oxygens (including phenoxy) is 1. The van der Waals surface area contributed by atoms with Gasteiger partial charge in [0.05, 0.1) is 6.10 Å². The zero-order valence-corrected chi connectivity index (χ0v) is 8.71. The Morgan fingerprint density at radius 1 is 1.27 bits per heavy atom. The summed E-state index contributed by atoms with van der Waals surface area (Å²) in [6.07, 6.45) is -0.605. The van der Waals surface area contributed by atoms with Crippen molar-refractivity contribution < 1.29 is 18.6 Å². The highest BCUT2D eigenvalue weighted by molar-refractivity contribution is 5.24. The molecule has 2 atom stereocenters. The second-order valence-electron chi connectivity index (χ2n) is 3.40. The van der Waals surface area contributed by atoms with Crippen LogP contribution < -0.4 is 4.74 Å². The van der Waals surface area contributed by atoms with Gasteiger partial charge in [0.1, 0.15) is 23.5 Å². The molecule has 1 rings (SSSR count). The zero-order chi connectivity index (χ0) is 11.4. The molecule has 0 saturated carbocycles. The fraction of sp³-hybridized carbons (Fsp3) is 0.455. The molecule has 15 heavy (non-hydrogen) atoms. The summed E-state index contributed by atoms with van der Waals surface area (Å²) < 4.78 is 30.8. The third kappa shape index (κ3) is 3.47. The van der Waals surface area contributed by atoms with Gasteiger partial charge in [0.15, 0.2) is 0 Å². The van der Waals surface area contributed by atoms with E-state index in [1.165, 1.54) is 0 Å². The van der Waals surface area contributed by atoms with Gasteiger partial charge in [-0.15, -0.1) is 0 Å². The van der Waals surface area contributed by atoms with Gasteiger partial charge in [0, 0.05) is 18.2 Å². The standard InChI is InChI=1S/C11H14F2O2/c1-3-11(14)7(2)15-10-5-8(12)4-9(13)6-10/h4-7,11,14H,3H2,1-2H3. The molecule has 0 fully saturated rings. The Hall–Kier alpha value is -1.16. The zero-order valence-electron chi connectivity index (χ0n) is 8.71. The molecule has 84 valence electrons. The van der Waals surface area contributed by atoms with Crippen LogP contribution in [0.25, 0.3) is 0 Å². The predicted molar refractivity (Wildman–Crippen MR) is 52.7 cm³/mol. The lowest BCUT2D eigenvalue weighted by atomic mass is 10.2. The Kier molecular flexibility index (Phi) is 4.03. The van der Waals surface area contributed by atoms with Crippen molar-refractivity contribution in [1.29, 1.82) is 0 Å². The first-order chi connectivity index (χ1) is 7.02. The van der Waals surface area contributed by atoms with E-state index in [-0.39, 0.29) is 5.75 Å². The van der Waals surface area contributed by atoms with Crippen LogP contribution in [-0.4, -0.2) is 17.3 Å². The number of hydrogen-bond acceptors (Lipinski definition) is 2. The molecule has 0 heterocycles. The molecule has 2 unspecified atom stereocenters. The highest BCUT2D eigenvalue weighted by Gasteiger charge is 2.14. The van der Waals surface area contributed by atoms with E-state index in [2.05, 4.69) is 0 Å². The molecule has 0 aliphatic carbocycles. The molecule has 0 aromatic heterocycles. The lowest BCUT2D eigenvalue weighted by Gasteiger charge is -2.19. The number of hydrogen-bond donors (Lipinski definition) is 1. The average molecular weight is 216 g/mol. The van der Waals surface area contributed by atoms with Crippen molar-refractivity contribution in [3.63, 3.8) is 0 Å². The van der Waals surface area contributed by atoms with Gasteiger partial charge in [-0.05, 0) is 13.3 Å². The van der Waals surface area contributed by atoms with Crippen LogP contribution >= 0.6 is 0 Å². The van der Waals surface area contributed by atoms with E-state index in [4.69, 9.17) is 4.74 Å². The molecule has 0 aliphatic rings. The number of aliphatic hydroxyl groups excluding tert-OH is 1. The van der Waals surface area contributed by atoms with Gasteiger partial charge in [-0.1, -0.05) is 6.92 Å². The monoisotopic (exact) mass is 216 g/mol. The van der Waals surface area contributed by atoms with Crippen LogP contribution in [0.4, 0.5) is 8.78 Å². The van der Waals surface area contributed by atoms with Crippen molar-refractivity contribution in [2.45, 2.75) is 32.5 Å². The molecule has 1 aromatic rings. The molecule has 4 heteroatoms. The lowest BCUT2D eigenvalue weighted by Crippen LogP contribution is -2.27. The van der Waals surface area contributed by atoms with Gasteiger partial charge in [-0.2, -0.15) is 0 Å². The SMILES string of the molecule is CCC(O)C(C)Oc1cc(F)cc(F)c1. The van der Waals surface area contributed by atoms with E-state index < -0.39 is 23.8 Å². The van der Waals surface area contributed by atoms with Crippen LogP contribution in [0.1, 0.15) is 20.3 Å². The Morgan fingerprint density at radius 3 is 2.27 bits per heavy atom. The van der Waals surface area contributed by atoms with Crippen LogP contribution in [-0.2, 0) is 0 Å². The highest BCUT2D eigenvalue weighted by Crippen LogP contribution is 2.18. The van der Waals surface area contributed by atoms with E-state index in [1.54, 1.807) is 13.8 Å². The number of benzene rings is 1. The number of aliphatic hydroxyl groups is 1. The summed E-state index contributed by atoms with van der Waals surface area (Å²) in [5.41, 5.74) is 0. The van der Waals surface area contributed by atoms with Gasteiger partial charge in [-0.3, -0.25) is 0 Å². The van der Waals surface area contributed by atoms with Crippen LogP contribution in [0.3, 0.4) is 0 Å². The third-order valence-electron chi connectivity index (χ3n) is 2.12. The van der Waals surface area contributed by atoms with Crippen LogP contribution in [0.5, 0.6) is 5.75 Å². The largest absolute Gasteiger partial charge is 0.488 e. The molecule has 1 aromatic carbocycles. The van der Waals surface area contributed by atoms with Crippen LogP contribution in [0.15, 0.2) is 18.2 Å². The van der Waals surface area contributed by atoms with Crippen molar-refractivity contribution >= 4 is 0 Å². The summed E-state index contributed by atoms with van der Waals surface area (Å²) >= 11 is 0. The predicted octanol–water partition coefficient (Wildman–Crippen LogP) is 2.50. The summed E-state index contributed by atoms with van der Waals surface area (Å²) in [5.74, 6) is -1.29. The molecule has 0 spiro atoms. The number of halogens is 2. The van der Waals surface area contributed by atoms with E-state index in [9.17, 15) is 13.9 Å². The second-order valence-corrected chi connectivity index (χ2v) is 3.40. The fourth-order valence-corrected chi connectivity index (χ4v) is 1.22. The molecule has 1 N–H and O–H groups in total. The molecule has 0 aliphatic heterocycles. The molecular weight excluding hydrogens is 202 g/mol. The van der Waals surface area contributed by atoms with E-state index in [0.29, 0.717) is 6.42 Å². The minimum absolute atomic E-state index is 0.0903. The Balaban J connectivity index is 2.72. The lowest BCUT2D eigenvalue weighted by molar-refractivity contribution is 0.0447. The Morgan fingerprint density at radius 2 is 1.80 bits per heavy atom. The van der Waals surface area contributed by atoms with Crippen LogP contribution in [0.2, 0.25) is 0 Å². The van der Waals surface area contributed by atoms with Crippen molar-refractivity contribution in [2.24, 2.45) is 0 Å². The summed E-state index contributed by atoms with van der Waals surface area (Å²) in [6, 6.07) is 2.94. The summed E-state index contributed by atoms with van der Waals surface area (Å²) in [7, 11) is 0. The minimum atomic E-state index is -0.691. The van der Waals surface area contributed by atoms with E-state index in [0.717, 1.165) is 18.2 Å². The second kappa shape index (κ2) is 5.07. The first-order valence-corrected chi connectivity index (χ1v) is 4.83. The van der Waals surface area contributed by atoms with Crippen molar-refractivity contribution in [2.75, 3.05) is 0 Å². The quantitative estimate of drug-likeness (QED) is 0.837. The highest BCUT2D eigenvalue weighted by atomic mass is 19.1. The molecule has 0 bridgehead atoms. The minimum Gasteiger partial charge on any atom is -0.488 e. The van der Waals surface area contributed by atoms with Gasteiger partial charge in [0.25, 0.3) is 0 Å². The Bertz CT molecular complexity index is 308. The smallest absolute Gasteiger partial charge is 0.129 e. The van der Waals surface area contributed by atoms with Crippen molar-refractivity contribution in [3.8, 4) is 5.75 Å². The maximum atomic E-state index is 12.8. The van der Waals surface area contributed by atoms with E-state index in [1.807, 2.05) is 0 Å². The maximum Gasteiger partial charge on any atom is 0.129 e. The molecule has 0 radical (unpaired) electrons. The van der Waals surface area contributed by atoms with Crippen LogP contribution in [0, 0.1) is 11.6 Å². The maximum absolute atomic E-state index is 12.8. The molecular formula is C11H14F2O2. The topological polar surface area (TPSA) is 29.5 Å². The normalized spacial score (nSPS) is 14.7. The summed E-state index contributed by atoms with van der Waals surface area (Å²) in [4.78, 5) is 0. The fourth-order valence-electron chi connectivity index (χ4n) is 1.22. The number of rotatable bonds is 4. The summed E-state index contributed by atoms with van der Waals surface area (Å²) in [5, 5.41) is 9.41. The van der Waals surface area contributed by atoms with Crippen molar-refractivity contribution in [3.05, 3.63) is 29.8 Å². The van der Waals surface area contributed by atoms with Gasteiger partial charge in [0.2, 0.25) is 0 Å². The Labute approximate surface area is 87.5 Å². The first-order valence-electron chi connectivity index (χ1n) is 4.83. The van der Waals surface area contributed by atoms with E-state index >= 15 is 0 Å². The molecule has 0 saturated heterocycles.